The quantitative estimate of drug-likeness (QED) is 0.357. The lowest BCUT2D eigenvalue weighted by atomic mass is 10.1. The van der Waals surface area contributed by atoms with E-state index in [4.69, 9.17) is 8.94 Å². The van der Waals surface area contributed by atoms with Gasteiger partial charge in [-0.2, -0.15) is 4.98 Å². The summed E-state index contributed by atoms with van der Waals surface area (Å²) in [6.45, 7) is 1.87. The van der Waals surface area contributed by atoms with E-state index in [1.54, 1.807) is 30.3 Å². The van der Waals surface area contributed by atoms with Crippen molar-refractivity contribution >= 4 is 33.8 Å². The van der Waals surface area contributed by atoms with Crippen molar-refractivity contribution < 1.29 is 18.5 Å². The van der Waals surface area contributed by atoms with Crippen molar-refractivity contribution in [2.75, 3.05) is 0 Å². The van der Waals surface area contributed by atoms with Gasteiger partial charge < -0.3 is 19.6 Å². The third-order valence-electron chi connectivity index (χ3n) is 4.55. The number of nitrogens with one attached hydrogen (secondary N) is 2. The van der Waals surface area contributed by atoms with Crippen LogP contribution < -0.4 is 10.6 Å². The van der Waals surface area contributed by atoms with Crippen molar-refractivity contribution in [1.82, 2.24) is 20.8 Å². The number of aromatic nitrogens is 2. The highest BCUT2D eigenvalue weighted by Crippen LogP contribution is 2.20. The highest BCUT2D eigenvalue weighted by molar-refractivity contribution is 9.10. The van der Waals surface area contributed by atoms with Crippen molar-refractivity contribution in [3.05, 3.63) is 99.9 Å². The monoisotopic (exact) mass is 506 g/mol. The van der Waals surface area contributed by atoms with E-state index in [9.17, 15) is 9.59 Å². The summed E-state index contributed by atoms with van der Waals surface area (Å²) in [5.74, 6) is 0.0933. The van der Waals surface area contributed by atoms with E-state index in [1.165, 1.54) is 12.3 Å². The third kappa shape index (κ3) is 5.83. The Labute approximate surface area is 197 Å². The molecule has 0 radical (unpaired) electrons. The Balaban J connectivity index is 1.47. The van der Waals surface area contributed by atoms with E-state index < -0.39 is 11.8 Å². The van der Waals surface area contributed by atoms with Gasteiger partial charge in [0, 0.05) is 21.7 Å². The number of nitrogens with zero attached hydrogens (tertiary/aromatic N) is 2. The van der Waals surface area contributed by atoms with Crippen LogP contribution in [-0.4, -0.2) is 22.0 Å². The fourth-order valence-corrected chi connectivity index (χ4v) is 3.38. The lowest BCUT2D eigenvalue weighted by Crippen LogP contribution is -2.34. The molecule has 9 heteroatoms. The molecule has 2 N–H and O–H groups in total. The van der Waals surface area contributed by atoms with Crippen LogP contribution in [0.4, 0.5) is 0 Å². The molecule has 2 aromatic heterocycles. The zero-order valence-electron chi connectivity index (χ0n) is 17.5. The topological polar surface area (TPSA) is 110 Å². The van der Waals surface area contributed by atoms with Crippen LogP contribution >= 0.6 is 15.9 Å². The Hall–Kier alpha value is -3.98. The summed E-state index contributed by atoms with van der Waals surface area (Å²) < 4.78 is 11.4. The molecule has 0 bridgehead atoms. The van der Waals surface area contributed by atoms with E-state index in [0.29, 0.717) is 17.1 Å². The zero-order chi connectivity index (χ0) is 23.2. The molecule has 2 heterocycles. The van der Waals surface area contributed by atoms with Crippen LogP contribution in [0.2, 0.25) is 0 Å². The first kappa shape index (κ1) is 22.2. The number of hydrogen-bond acceptors (Lipinski definition) is 6. The minimum Gasteiger partial charge on any atom is -0.465 e. The van der Waals surface area contributed by atoms with Crippen molar-refractivity contribution in [3.8, 4) is 11.4 Å². The van der Waals surface area contributed by atoms with E-state index in [0.717, 1.165) is 15.6 Å². The van der Waals surface area contributed by atoms with Crippen molar-refractivity contribution in [3.63, 3.8) is 0 Å². The molecule has 0 atom stereocenters. The third-order valence-corrected chi connectivity index (χ3v) is 5.05. The van der Waals surface area contributed by atoms with Crippen LogP contribution in [0.3, 0.4) is 0 Å². The molecule has 33 heavy (non-hydrogen) atoms. The number of hydrogen-bond donors (Lipinski definition) is 2. The minimum atomic E-state index is -0.533. The van der Waals surface area contributed by atoms with Crippen LogP contribution in [0.5, 0.6) is 0 Å². The normalized spacial score (nSPS) is 11.3. The molecular weight excluding hydrogens is 488 g/mol. The lowest BCUT2D eigenvalue weighted by Gasteiger charge is -2.10. The molecule has 8 nitrogen and oxygen atoms in total. The van der Waals surface area contributed by atoms with Gasteiger partial charge in [0.1, 0.15) is 11.5 Å². The van der Waals surface area contributed by atoms with Gasteiger partial charge in [-0.3, -0.25) is 9.59 Å². The van der Waals surface area contributed by atoms with Crippen LogP contribution in [0.1, 0.15) is 27.6 Å². The second-order valence-electron chi connectivity index (χ2n) is 7.10. The fourth-order valence-electron chi connectivity index (χ4n) is 2.98. The summed E-state index contributed by atoms with van der Waals surface area (Å²) in [6.07, 6.45) is 2.93. The maximum absolute atomic E-state index is 12.9. The van der Waals surface area contributed by atoms with Crippen LogP contribution in [-0.2, 0) is 11.3 Å². The van der Waals surface area contributed by atoms with E-state index in [-0.39, 0.29) is 18.1 Å². The van der Waals surface area contributed by atoms with Gasteiger partial charge in [0.05, 0.1) is 12.8 Å². The highest BCUT2D eigenvalue weighted by atomic mass is 79.9. The number of rotatable bonds is 7. The number of carbonyl (C=O) groups excluding carboxylic acids is 2. The van der Waals surface area contributed by atoms with Gasteiger partial charge in [-0.15, -0.1) is 0 Å². The Morgan fingerprint density at radius 1 is 1.09 bits per heavy atom. The first-order valence-electron chi connectivity index (χ1n) is 9.98. The van der Waals surface area contributed by atoms with Crippen LogP contribution in [0, 0.1) is 6.92 Å². The summed E-state index contributed by atoms with van der Waals surface area (Å²) in [5, 5.41) is 9.29. The number of halogens is 1. The molecule has 4 aromatic rings. The minimum absolute atomic E-state index is 0.0168. The number of carbonyl (C=O) groups is 2. The van der Waals surface area contributed by atoms with E-state index in [2.05, 4.69) is 36.7 Å². The molecule has 0 fully saturated rings. The SMILES string of the molecule is Cc1cccc(C(=O)N/C(=C\c2ccco2)C(=O)NCc2nc(-c3cccc(Br)c3)no2)c1. The van der Waals surface area contributed by atoms with Gasteiger partial charge >= 0.3 is 0 Å². The Morgan fingerprint density at radius 3 is 2.70 bits per heavy atom. The highest BCUT2D eigenvalue weighted by Gasteiger charge is 2.17. The van der Waals surface area contributed by atoms with E-state index in [1.807, 2.05) is 37.3 Å². The second kappa shape index (κ2) is 10.1. The lowest BCUT2D eigenvalue weighted by molar-refractivity contribution is -0.118. The maximum Gasteiger partial charge on any atom is 0.268 e. The molecule has 2 amide bonds. The van der Waals surface area contributed by atoms with Crippen LogP contribution in [0.25, 0.3) is 17.5 Å². The zero-order valence-corrected chi connectivity index (χ0v) is 19.1. The average molecular weight is 507 g/mol. The Kier molecular flexibility index (Phi) is 6.80. The van der Waals surface area contributed by atoms with Gasteiger partial charge in [0.25, 0.3) is 11.8 Å². The summed E-state index contributed by atoms with van der Waals surface area (Å²) in [5.41, 5.74) is 2.16. The van der Waals surface area contributed by atoms with Gasteiger partial charge in [0.2, 0.25) is 11.7 Å². The molecule has 0 unspecified atom stereocenters. The Bertz CT molecular complexity index is 1310. The molecule has 0 aliphatic heterocycles. The van der Waals surface area contributed by atoms with Crippen molar-refractivity contribution in [2.24, 2.45) is 0 Å². The molecule has 2 aromatic carbocycles. The predicted molar refractivity (Wildman–Crippen MR) is 125 cm³/mol. The molecule has 0 aliphatic rings. The molecule has 4 rings (SSSR count). The summed E-state index contributed by atoms with van der Waals surface area (Å²) in [6, 6.07) is 17.9. The largest absolute Gasteiger partial charge is 0.465 e. The maximum atomic E-state index is 12.9. The number of furan rings is 1. The molecular formula is C24H19BrN4O4. The first-order valence-corrected chi connectivity index (χ1v) is 10.8. The number of benzene rings is 2. The number of amides is 2. The fraction of sp³-hybridized carbons (Fsp3) is 0.0833. The van der Waals surface area contributed by atoms with Gasteiger partial charge in [-0.1, -0.05) is 50.9 Å². The molecule has 0 aliphatic carbocycles. The summed E-state index contributed by atoms with van der Waals surface area (Å²) in [7, 11) is 0. The van der Waals surface area contributed by atoms with Crippen molar-refractivity contribution in [2.45, 2.75) is 13.5 Å². The van der Waals surface area contributed by atoms with Gasteiger partial charge in [-0.25, -0.2) is 0 Å². The summed E-state index contributed by atoms with van der Waals surface area (Å²) in [4.78, 5) is 29.9. The smallest absolute Gasteiger partial charge is 0.268 e. The predicted octanol–water partition coefficient (Wildman–Crippen LogP) is 4.49. The molecule has 166 valence electrons. The van der Waals surface area contributed by atoms with Gasteiger partial charge in [0.15, 0.2) is 0 Å². The standard InChI is InChI=1S/C24H19BrN4O4/c1-15-5-2-7-17(11-15)23(30)27-20(13-19-9-4-10-32-19)24(31)26-14-21-28-22(29-33-21)16-6-3-8-18(25)12-16/h2-13H,14H2,1H3,(H,26,31)(H,27,30)/b20-13-. The van der Waals surface area contributed by atoms with Crippen LogP contribution in [0.15, 0.2) is 86.0 Å². The molecule has 0 saturated heterocycles. The first-order chi connectivity index (χ1) is 16.0. The number of aryl methyl sites for hydroxylation is 1. The van der Waals surface area contributed by atoms with Gasteiger partial charge in [-0.05, 0) is 43.3 Å². The second-order valence-corrected chi connectivity index (χ2v) is 8.02. The van der Waals surface area contributed by atoms with E-state index >= 15 is 0 Å². The summed E-state index contributed by atoms with van der Waals surface area (Å²) >= 11 is 3.40. The molecule has 0 spiro atoms. The molecule has 0 saturated carbocycles. The average Bonchev–Trinajstić information content (AvgIpc) is 3.49. The van der Waals surface area contributed by atoms with Crippen molar-refractivity contribution in [1.29, 1.82) is 0 Å². The Morgan fingerprint density at radius 2 is 1.94 bits per heavy atom.